The van der Waals surface area contributed by atoms with Gasteiger partial charge in [0.15, 0.2) is 0 Å². The Morgan fingerprint density at radius 2 is 2.18 bits per heavy atom. The number of ether oxygens (including phenoxy) is 1. The number of nitrogens with zero attached hydrogens (tertiary/aromatic N) is 1. The lowest BCUT2D eigenvalue weighted by molar-refractivity contribution is -0.137. The molecule has 1 aromatic rings. The van der Waals surface area contributed by atoms with Crippen molar-refractivity contribution in [3.8, 4) is 0 Å². The number of amides is 1. The SMILES string of the molecule is C[C@H](Br)C(=O)N1CCO[C@@H](c2ccccc2)C1. The van der Waals surface area contributed by atoms with Crippen molar-refractivity contribution in [1.29, 1.82) is 0 Å². The van der Waals surface area contributed by atoms with Crippen molar-refractivity contribution in [2.24, 2.45) is 0 Å². The molecule has 1 saturated heterocycles. The van der Waals surface area contributed by atoms with Crippen molar-refractivity contribution in [2.75, 3.05) is 19.7 Å². The van der Waals surface area contributed by atoms with Crippen molar-refractivity contribution in [3.63, 3.8) is 0 Å². The smallest absolute Gasteiger partial charge is 0.236 e. The Kier molecular flexibility index (Phi) is 4.18. The van der Waals surface area contributed by atoms with Crippen LogP contribution in [0.5, 0.6) is 0 Å². The number of hydrogen-bond donors (Lipinski definition) is 0. The summed E-state index contributed by atoms with van der Waals surface area (Å²) in [6.07, 6.45) is 0.000139. The minimum Gasteiger partial charge on any atom is -0.370 e. The van der Waals surface area contributed by atoms with Crippen LogP contribution in [-0.4, -0.2) is 35.3 Å². The molecule has 1 aliphatic heterocycles. The van der Waals surface area contributed by atoms with Gasteiger partial charge in [-0.05, 0) is 12.5 Å². The first-order valence-electron chi connectivity index (χ1n) is 5.78. The Morgan fingerprint density at radius 1 is 1.47 bits per heavy atom. The molecule has 1 aliphatic rings. The van der Waals surface area contributed by atoms with Crippen LogP contribution in [0.2, 0.25) is 0 Å². The van der Waals surface area contributed by atoms with E-state index in [4.69, 9.17) is 4.74 Å². The van der Waals surface area contributed by atoms with Crippen LogP contribution in [-0.2, 0) is 9.53 Å². The zero-order chi connectivity index (χ0) is 12.3. The highest BCUT2D eigenvalue weighted by atomic mass is 79.9. The summed E-state index contributed by atoms with van der Waals surface area (Å²) >= 11 is 3.32. The standard InChI is InChI=1S/C13H16BrNO2/c1-10(14)13(16)15-7-8-17-12(9-15)11-5-3-2-4-6-11/h2-6,10,12H,7-9H2,1H3/t10-,12+/m0/s1. The van der Waals surface area contributed by atoms with Crippen LogP contribution in [0.4, 0.5) is 0 Å². The van der Waals surface area contributed by atoms with Crippen LogP contribution in [0.1, 0.15) is 18.6 Å². The highest BCUT2D eigenvalue weighted by Gasteiger charge is 2.26. The first kappa shape index (κ1) is 12.6. The van der Waals surface area contributed by atoms with Gasteiger partial charge in [-0.1, -0.05) is 46.3 Å². The molecule has 92 valence electrons. The lowest BCUT2D eigenvalue weighted by Crippen LogP contribution is -2.44. The Bertz CT molecular complexity index is 380. The molecule has 4 heteroatoms. The molecule has 0 unspecified atom stereocenters. The molecular weight excluding hydrogens is 282 g/mol. The molecule has 1 heterocycles. The first-order valence-corrected chi connectivity index (χ1v) is 6.69. The quantitative estimate of drug-likeness (QED) is 0.785. The maximum absolute atomic E-state index is 11.9. The molecule has 0 radical (unpaired) electrons. The van der Waals surface area contributed by atoms with Crippen LogP contribution >= 0.6 is 15.9 Å². The van der Waals surface area contributed by atoms with E-state index >= 15 is 0 Å². The first-order chi connectivity index (χ1) is 8.18. The lowest BCUT2D eigenvalue weighted by atomic mass is 10.1. The Hall–Kier alpha value is -0.870. The number of morpholine rings is 1. The molecule has 2 atom stereocenters. The second kappa shape index (κ2) is 5.65. The van der Waals surface area contributed by atoms with Gasteiger partial charge in [0.25, 0.3) is 0 Å². The number of rotatable bonds is 2. The third-order valence-electron chi connectivity index (χ3n) is 2.89. The Balaban J connectivity index is 2.05. The largest absolute Gasteiger partial charge is 0.370 e. The second-order valence-corrected chi connectivity index (χ2v) is 5.54. The van der Waals surface area contributed by atoms with Gasteiger partial charge in [0.05, 0.1) is 18.0 Å². The second-order valence-electron chi connectivity index (χ2n) is 4.17. The fourth-order valence-electron chi connectivity index (χ4n) is 1.97. The van der Waals surface area contributed by atoms with Gasteiger partial charge in [-0.15, -0.1) is 0 Å². The van der Waals surface area contributed by atoms with Crippen LogP contribution in [0, 0.1) is 0 Å². The average molecular weight is 298 g/mol. The number of halogens is 1. The van der Waals surface area contributed by atoms with Gasteiger partial charge >= 0.3 is 0 Å². The molecule has 0 spiro atoms. The highest BCUT2D eigenvalue weighted by molar-refractivity contribution is 9.10. The molecule has 0 bridgehead atoms. The summed E-state index contributed by atoms with van der Waals surface area (Å²) in [7, 11) is 0. The van der Waals surface area contributed by atoms with Gasteiger partial charge in [-0.2, -0.15) is 0 Å². The van der Waals surface area contributed by atoms with Crippen LogP contribution < -0.4 is 0 Å². The zero-order valence-corrected chi connectivity index (χ0v) is 11.4. The average Bonchev–Trinajstić information content (AvgIpc) is 2.39. The number of benzene rings is 1. The molecule has 1 fully saturated rings. The molecule has 1 aromatic carbocycles. The Labute approximate surface area is 110 Å². The topological polar surface area (TPSA) is 29.5 Å². The highest BCUT2D eigenvalue weighted by Crippen LogP contribution is 2.22. The zero-order valence-electron chi connectivity index (χ0n) is 9.80. The monoisotopic (exact) mass is 297 g/mol. The van der Waals surface area contributed by atoms with Crippen molar-refractivity contribution in [1.82, 2.24) is 4.90 Å². The van der Waals surface area contributed by atoms with E-state index in [9.17, 15) is 4.79 Å². The summed E-state index contributed by atoms with van der Waals surface area (Å²) in [6.45, 7) is 3.78. The minimum absolute atomic E-state index is 0.000139. The Morgan fingerprint density at radius 3 is 2.82 bits per heavy atom. The number of carbonyl (C=O) groups is 1. The summed E-state index contributed by atoms with van der Waals surface area (Å²) in [5, 5.41) is 0. The fourth-order valence-corrected chi connectivity index (χ4v) is 2.26. The van der Waals surface area contributed by atoms with Gasteiger partial charge in [0.2, 0.25) is 5.91 Å². The van der Waals surface area contributed by atoms with E-state index in [-0.39, 0.29) is 16.8 Å². The maximum atomic E-state index is 11.9. The van der Waals surface area contributed by atoms with E-state index in [1.54, 1.807) is 0 Å². The van der Waals surface area contributed by atoms with E-state index in [1.165, 1.54) is 0 Å². The molecule has 2 rings (SSSR count). The normalized spacial score (nSPS) is 22.2. The van der Waals surface area contributed by atoms with Crippen molar-refractivity contribution < 1.29 is 9.53 Å². The molecular formula is C13H16BrNO2. The van der Waals surface area contributed by atoms with E-state index < -0.39 is 0 Å². The molecule has 0 N–H and O–H groups in total. The van der Waals surface area contributed by atoms with Crippen LogP contribution in [0.3, 0.4) is 0 Å². The molecule has 0 saturated carbocycles. The third-order valence-corrected chi connectivity index (χ3v) is 3.28. The van der Waals surface area contributed by atoms with E-state index in [1.807, 2.05) is 42.2 Å². The van der Waals surface area contributed by atoms with E-state index in [0.29, 0.717) is 19.7 Å². The number of hydrogen-bond acceptors (Lipinski definition) is 2. The third kappa shape index (κ3) is 3.07. The van der Waals surface area contributed by atoms with Crippen LogP contribution in [0.15, 0.2) is 30.3 Å². The van der Waals surface area contributed by atoms with Gasteiger partial charge in [0, 0.05) is 6.54 Å². The maximum Gasteiger partial charge on any atom is 0.236 e. The van der Waals surface area contributed by atoms with Crippen molar-refractivity contribution in [3.05, 3.63) is 35.9 Å². The summed E-state index contributed by atoms with van der Waals surface area (Å²) < 4.78 is 5.71. The van der Waals surface area contributed by atoms with Gasteiger partial charge in [-0.3, -0.25) is 4.79 Å². The van der Waals surface area contributed by atoms with Crippen molar-refractivity contribution in [2.45, 2.75) is 17.9 Å². The summed E-state index contributed by atoms with van der Waals surface area (Å²) in [5.74, 6) is 0.134. The lowest BCUT2D eigenvalue weighted by Gasteiger charge is -2.33. The summed E-state index contributed by atoms with van der Waals surface area (Å²) in [4.78, 5) is 13.6. The molecule has 0 aromatic heterocycles. The van der Waals surface area contributed by atoms with E-state index in [0.717, 1.165) is 5.56 Å². The molecule has 1 amide bonds. The predicted molar refractivity (Wildman–Crippen MR) is 70.1 cm³/mol. The summed E-state index contributed by atoms with van der Waals surface area (Å²) in [5.41, 5.74) is 1.13. The molecule has 3 nitrogen and oxygen atoms in total. The molecule has 17 heavy (non-hydrogen) atoms. The van der Waals surface area contributed by atoms with Gasteiger partial charge in [-0.25, -0.2) is 0 Å². The predicted octanol–water partition coefficient (Wildman–Crippen LogP) is 2.37. The fraction of sp³-hybridized carbons (Fsp3) is 0.462. The van der Waals surface area contributed by atoms with Crippen molar-refractivity contribution >= 4 is 21.8 Å². The molecule has 0 aliphatic carbocycles. The minimum atomic E-state index is -0.128. The van der Waals surface area contributed by atoms with Gasteiger partial charge < -0.3 is 9.64 Å². The van der Waals surface area contributed by atoms with E-state index in [2.05, 4.69) is 15.9 Å². The number of carbonyl (C=O) groups excluding carboxylic acids is 1. The number of alkyl halides is 1. The van der Waals surface area contributed by atoms with Crippen LogP contribution in [0.25, 0.3) is 0 Å². The van der Waals surface area contributed by atoms with Gasteiger partial charge in [0.1, 0.15) is 6.10 Å². The summed E-state index contributed by atoms with van der Waals surface area (Å²) in [6, 6.07) is 10.0.